The Hall–Kier alpha value is -4.04. The third kappa shape index (κ3) is 4.61. The van der Waals surface area contributed by atoms with E-state index < -0.39 is 24.1 Å². The predicted molar refractivity (Wildman–Crippen MR) is 126 cm³/mol. The first-order chi connectivity index (χ1) is 16.1. The summed E-state index contributed by atoms with van der Waals surface area (Å²) in [7, 11) is 0. The third-order valence-corrected chi connectivity index (χ3v) is 5.83. The maximum absolute atomic E-state index is 12.4. The van der Waals surface area contributed by atoms with Crippen LogP contribution in [0.5, 0.6) is 0 Å². The number of carboxylic acid groups (broad SMARTS) is 1. The molecule has 0 fully saturated rings. The maximum Gasteiger partial charge on any atom is 0.360 e. The molecule has 0 saturated carbocycles. The lowest BCUT2D eigenvalue weighted by Crippen LogP contribution is -2.38. The fourth-order valence-corrected chi connectivity index (χ4v) is 4.42. The van der Waals surface area contributed by atoms with Crippen molar-refractivity contribution in [2.24, 2.45) is 5.16 Å². The highest BCUT2D eigenvalue weighted by atomic mass is 32.1. The van der Waals surface area contributed by atoms with Crippen molar-refractivity contribution in [2.45, 2.75) is 5.54 Å². The molecule has 0 spiro atoms. The summed E-state index contributed by atoms with van der Waals surface area (Å²) >= 11 is 1.22. The minimum Gasteiger partial charge on any atom is -0.476 e. The van der Waals surface area contributed by atoms with Gasteiger partial charge in [0.1, 0.15) is 11.2 Å². The van der Waals surface area contributed by atoms with E-state index in [1.165, 1.54) is 11.3 Å². The highest BCUT2D eigenvalue weighted by molar-refractivity contribution is 7.14. The highest BCUT2D eigenvalue weighted by Gasteiger charge is 2.37. The van der Waals surface area contributed by atoms with Crippen LogP contribution in [-0.2, 0) is 15.2 Å². The van der Waals surface area contributed by atoms with Crippen LogP contribution in [0.2, 0.25) is 0 Å². The molecule has 2 N–H and O–H groups in total. The number of aliphatic carboxylic acids is 1. The molecule has 0 saturated heterocycles. The smallest absolute Gasteiger partial charge is 0.360 e. The number of alkyl halides is 1. The molecule has 1 aromatic heterocycles. The quantitative estimate of drug-likeness (QED) is 0.201. The molecule has 33 heavy (non-hydrogen) atoms. The van der Waals surface area contributed by atoms with Crippen molar-refractivity contribution in [1.82, 2.24) is 4.98 Å². The van der Waals surface area contributed by atoms with Crippen molar-refractivity contribution in [2.75, 3.05) is 12.2 Å². The summed E-state index contributed by atoms with van der Waals surface area (Å²) in [6, 6.07) is 29.8. The summed E-state index contributed by atoms with van der Waals surface area (Å²) in [6.07, 6.45) is 0. The molecule has 4 aromatic rings. The Morgan fingerprint density at radius 1 is 0.939 bits per heavy atom. The van der Waals surface area contributed by atoms with E-state index in [0.29, 0.717) is 5.13 Å². The third-order valence-electron chi connectivity index (χ3n) is 5.07. The summed E-state index contributed by atoms with van der Waals surface area (Å²) in [5, 5.41) is 18.4. The number of hydrogen-bond donors (Lipinski definition) is 2. The Balaban J connectivity index is 1.87. The van der Waals surface area contributed by atoms with E-state index in [-0.39, 0.29) is 5.69 Å². The predicted octanol–water partition coefficient (Wildman–Crippen LogP) is 5.28. The van der Waals surface area contributed by atoms with Gasteiger partial charge in [-0.1, -0.05) is 96.2 Å². The zero-order chi connectivity index (χ0) is 23.1. The number of anilines is 1. The number of hydrogen-bond acceptors (Lipinski definition) is 6. The van der Waals surface area contributed by atoms with Gasteiger partial charge in [0.15, 0.2) is 5.13 Å². The van der Waals surface area contributed by atoms with Gasteiger partial charge in [-0.3, -0.25) is 0 Å². The zero-order valence-electron chi connectivity index (χ0n) is 17.4. The number of halogens is 1. The minimum absolute atomic E-state index is 0.0755. The topological polar surface area (TPSA) is 83.8 Å². The first-order valence-electron chi connectivity index (χ1n) is 10.0. The maximum atomic E-state index is 12.4. The van der Waals surface area contributed by atoms with Crippen LogP contribution in [0, 0.1) is 0 Å². The van der Waals surface area contributed by atoms with Gasteiger partial charge in [-0.25, -0.2) is 14.2 Å². The Morgan fingerprint density at radius 2 is 1.42 bits per heavy atom. The summed E-state index contributed by atoms with van der Waals surface area (Å²) in [5.74, 6) is -1.36. The number of oxime groups is 1. The van der Waals surface area contributed by atoms with Gasteiger partial charge >= 0.3 is 5.97 Å². The normalized spacial score (nSPS) is 11.7. The van der Waals surface area contributed by atoms with Crippen molar-refractivity contribution >= 4 is 28.1 Å². The average molecular weight is 462 g/mol. The molecule has 0 aliphatic heterocycles. The highest BCUT2D eigenvalue weighted by Crippen LogP contribution is 2.40. The largest absolute Gasteiger partial charge is 0.476 e. The lowest BCUT2D eigenvalue weighted by molar-refractivity contribution is -0.129. The van der Waals surface area contributed by atoms with Crippen LogP contribution in [-0.4, -0.2) is 28.6 Å². The molecule has 0 atom stereocenters. The van der Waals surface area contributed by atoms with E-state index in [2.05, 4.69) is 20.3 Å². The van der Waals surface area contributed by atoms with Gasteiger partial charge in [-0.05, 0) is 16.7 Å². The van der Waals surface area contributed by atoms with Gasteiger partial charge in [-0.15, -0.1) is 11.3 Å². The standard InChI is InChI=1S/C25H20FN3O3S/c26-17-32-29-22(23(30)31)21-16-33-24(27-21)28-25(18-10-4-1-5-11-18,19-12-6-2-7-13-19)20-14-8-3-9-15-20/h1-16H,17H2,(H,27,28)(H,30,31)/b29-22-. The monoisotopic (exact) mass is 461 g/mol. The molecule has 0 amide bonds. The van der Waals surface area contributed by atoms with Crippen LogP contribution in [0.4, 0.5) is 9.52 Å². The van der Waals surface area contributed by atoms with Gasteiger partial charge in [0.05, 0.1) is 0 Å². The summed E-state index contributed by atoms with van der Waals surface area (Å²) in [6.45, 7) is -1.23. The Labute approximate surface area is 194 Å². The number of nitrogens with zero attached hydrogens (tertiary/aromatic N) is 2. The summed E-state index contributed by atoms with van der Waals surface area (Å²) in [5.41, 5.74) is 1.73. The SMILES string of the molecule is O=C(O)/C(=N\OCF)c1csc(NC(c2ccccc2)(c2ccccc2)c2ccccc2)n1. The van der Waals surface area contributed by atoms with Crippen LogP contribution < -0.4 is 5.32 Å². The van der Waals surface area contributed by atoms with Gasteiger partial charge in [0.2, 0.25) is 5.71 Å². The average Bonchev–Trinajstić information content (AvgIpc) is 3.32. The molecule has 0 aliphatic carbocycles. The Kier molecular flexibility index (Phi) is 6.75. The van der Waals surface area contributed by atoms with Gasteiger partial charge in [0, 0.05) is 5.38 Å². The molecule has 0 bridgehead atoms. The number of benzene rings is 3. The number of aromatic nitrogens is 1. The van der Waals surface area contributed by atoms with E-state index in [1.54, 1.807) is 5.38 Å². The molecule has 0 radical (unpaired) electrons. The molecule has 3 aromatic carbocycles. The number of nitrogens with one attached hydrogen (secondary N) is 1. The summed E-state index contributed by atoms with van der Waals surface area (Å²) < 4.78 is 12.4. The number of rotatable bonds is 9. The molecule has 166 valence electrons. The van der Waals surface area contributed by atoms with E-state index in [4.69, 9.17) is 0 Å². The second-order valence-corrected chi connectivity index (χ2v) is 7.85. The number of carbonyl (C=O) groups is 1. The van der Waals surface area contributed by atoms with Crippen LogP contribution in [0.1, 0.15) is 22.4 Å². The van der Waals surface area contributed by atoms with Crippen molar-refractivity contribution in [3.8, 4) is 0 Å². The second kappa shape index (κ2) is 10.1. The van der Waals surface area contributed by atoms with Gasteiger partial charge < -0.3 is 15.3 Å². The van der Waals surface area contributed by atoms with E-state index >= 15 is 0 Å². The van der Waals surface area contributed by atoms with Gasteiger partial charge in [0.25, 0.3) is 6.86 Å². The van der Waals surface area contributed by atoms with E-state index in [1.807, 2.05) is 91.0 Å². The van der Waals surface area contributed by atoms with E-state index in [9.17, 15) is 14.3 Å². The molecule has 6 nitrogen and oxygen atoms in total. The molecular weight excluding hydrogens is 441 g/mol. The first-order valence-corrected chi connectivity index (χ1v) is 10.9. The fourth-order valence-electron chi connectivity index (χ4n) is 3.67. The van der Waals surface area contributed by atoms with Crippen LogP contribution >= 0.6 is 11.3 Å². The first kappa shape index (κ1) is 22.2. The molecule has 0 unspecified atom stereocenters. The number of carboxylic acids is 1. The van der Waals surface area contributed by atoms with Crippen molar-refractivity contribution in [3.05, 3.63) is 119 Å². The lowest BCUT2D eigenvalue weighted by atomic mass is 9.77. The second-order valence-electron chi connectivity index (χ2n) is 6.99. The van der Waals surface area contributed by atoms with Crippen molar-refractivity contribution in [3.63, 3.8) is 0 Å². The molecule has 8 heteroatoms. The molecule has 0 aliphatic rings. The van der Waals surface area contributed by atoms with Crippen LogP contribution in [0.3, 0.4) is 0 Å². The Bertz CT molecular complexity index is 1130. The van der Waals surface area contributed by atoms with Crippen molar-refractivity contribution in [1.29, 1.82) is 0 Å². The van der Waals surface area contributed by atoms with Crippen molar-refractivity contribution < 1.29 is 19.1 Å². The van der Waals surface area contributed by atoms with Crippen LogP contribution in [0.25, 0.3) is 0 Å². The summed E-state index contributed by atoms with van der Waals surface area (Å²) in [4.78, 5) is 20.3. The zero-order valence-corrected chi connectivity index (χ0v) is 18.2. The molecular formula is C25H20FN3O3S. The van der Waals surface area contributed by atoms with E-state index in [0.717, 1.165) is 16.7 Å². The minimum atomic E-state index is -1.36. The molecule has 4 rings (SSSR count). The number of thiazole rings is 1. The van der Waals surface area contributed by atoms with Gasteiger partial charge in [-0.2, -0.15) is 0 Å². The fraction of sp³-hybridized carbons (Fsp3) is 0.0800. The van der Waals surface area contributed by atoms with Crippen LogP contribution in [0.15, 0.2) is 102 Å². The molecule has 1 heterocycles. The lowest BCUT2D eigenvalue weighted by Gasteiger charge is -2.36. The Morgan fingerprint density at radius 3 is 1.85 bits per heavy atom.